The smallest absolute Gasteiger partial charge is 0.164 e. The second-order valence-electron chi connectivity index (χ2n) is 6.81. The maximum absolute atomic E-state index is 5.91. The highest BCUT2D eigenvalue weighted by Gasteiger charge is 2.16. The number of fused-ring (bicyclic) bond motifs is 3. The van der Waals surface area contributed by atoms with Crippen LogP contribution in [0.1, 0.15) is 26.5 Å². The van der Waals surface area contributed by atoms with Crippen molar-refractivity contribution in [2.24, 2.45) is 0 Å². The highest BCUT2D eigenvalue weighted by molar-refractivity contribution is 6.10. The fraction of sp³-hybridized carbons (Fsp3) is 0.304. The average molecular weight is 443 g/mol. The molecule has 0 amide bonds. The summed E-state index contributed by atoms with van der Waals surface area (Å²) in [5, 5.41) is 4.52. The second-order valence-corrected chi connectivity index (χ2v) is 6.81. The van der Waals surface area contributed by atoms with E-state index >= 15 is 0 Å². The Hall–Kier alpha value is -3.19. The van der Waals surface area contributed by atoms with Gasteiger partial charge in [0, 0.05) is 28.7 Å². The third-order valence-corrected chi connectivity index (χ3v) is 4.72. The van der Waals surface area contributed by atoms with Crippen LogP contribution in [0.25, 0.3) is 21.9 Å². The molecule has 2 N–H and O–H groups in total. The average Bonchev–Trinajstić information content (AvgIpc) is 3.20. The minimum absolute atomic E-state index is 0. The van der Waals surface area contributed by atoms with Crippen LogP contribution in [-0.4, -0.2) is 34.8 Å². The van der Waals surface area contributed by atoms with E-state index in [2.05, 4.69) is 26.3 Å². The van der Waals surface area contributed by atoms with Gasteiger partial charge in [0.1, 0.15) is 17.6 Å². The standard InChI is InChI=1S/C23H26N4O3.ClH/c1-5-28-19-12-21(30-7-3)20(29-6-2)11-17(19)27-18-10-14(4)26-15-8-9-16-23(22(15)18)25-13-24-16;/h8-13,26-27H,5-7H2,1-4H3;1H. The number of benzene rings is 2. The van der Waals surface area contributed by atoms with Crippen molar-refractivity contribution in [2.75, 3.05) is 25.1 Å². The first-order valence-corrected chi connectivity index (χ1v) is 10.2. The van der Waals surface area contributed by atoms with Gasteiger partial charge in [0.2, 0.25) is 0 Å². The van der Waals surface area contributed by atoms with E-state index < -0.39 is 0 Å². The molecule has 4 rings (SSSR count). The Labute approximate surface area is 187 Å². The van der Waals surface area contributed by atoms with Crippen LogP contribution in [0.4, 0.5) is 11.4 Å². The van der Waals surface area contributed by atoms with E-state index in [1.165, 1.54) is 0 Å². The number of ether oxygens (including phenoxy) is 3. The SMILES string of the molecule is CCOc1cc(OCC)c(OCC)cc1Nc1cc(C)[nH]c2ccc3ncnc3c12.Cl. The van der Waals surface area contributed by atoms with Crippen molar-refractivity contribution in [2.45, 2.75) is 27.7 Å². The van der Waals surface area contributed by atoms with Gasteiger partial charge in [-0.1, -0.05) is 0 Å². The molecule has 0 bridgehead atoms. The third kappa shape index (κ3) is 4.46. The molecule has 8 heteroatoms. The summed E-state index contributed by atoms with van der Waals surface area (Å²) in [6.45, 7) is 9.51. The van der Waals surface area contributed by atoms with Gasteiger partial charge in [-0.2, -0.15) is 0 Å². The Morgan fingerprint density at radius 2 is 1.52 bits per heavy atom. The van der Waals surface area contributed by atoms with Crippen LogP contribution in [0, 0.1) is 6.92 Å². The fourth-order valence-corrected chi connectivity index (χ4v) is 3.57. The number of nitrogens with zero attached hydrogens (tertiary/aromatic N) is 2. The zero-order chi connectivity index (χ0) is 21.1. The minimum atomic E-state index is 0. The molecular weight excluding hydrogens is 416 g/mol. The number of pyridine rings is 1. The van der Waals surface area contributed by atoms with Crippen LogP contribution >= 0.6 is 12.4 Å². The molecule has 0 saturated carbocycles. The lowest BCUT2D eigenvalue weighted by molar-refractivity contribution is 0.283. The first-order chi connectivity index (χ1) is 14.6. The number of aromatic amines is 1. The topological polar surface area (TPSA) is 81.3 Å². The molecule has 0 aliphatic rings. The summed E-state index contributed by atoms with van der Waals surface area (Å²) in [7, 11) is 0. The molecule has 0 radical (unpaired) electrons. The first-order valence-electron chi connectivity index (χ1n) is 10.2. The third-order valence-electron chi connectivity index (χ3n) is 4.72. The van der Waals surface area contributed by atoms with Crippen LogP contribution in [0.15, 0.2) is 36.7 Å². The van der Waals surface area contributed by atoms with E-state index in [9.17, 15) is 0 Å². The Morgan fingerprint density at radius 3 is 2.23 bits per heavy atom. The van der Waals surface area contributed by atoms with E-state index in [0.29, 0.717) is 37.1 Å². The van der Waals surface area contributed by atoms with E-state index in [0.717, 1.165) is 39.0 Å². The number of anilines is 2. The van der Waals surface area contributed by atoms with E-state index in [1.807, 2.05) is 52.0 Å². The van der Waals surface area contributed by atoms with Gasteiger partial charge in [-0.15, -0.1) is 12.4 Å². The summed E-state index contributed by atoms with van der Waals surface area (Å²) >= 11 is 0. The number of H-pyrrole nitrogens is 1. The summed E-state index contributed by atoms with van der Waals surface area (Å²) in [6.07, 6.45) is 1.59. The monoisotopic (exact) mass is 442 g/mol. The van der Waals surface area contributed by atoms with Crippen LogP contribution in [-0.2, 0) is 0 Å². The van der Waals surface area contributed by atoms with Crippen molar-refractivity contribution in [1.82, 2.24) is 15.0 Å². The molecule has 2 heterocycles. The summed E-state index contributed by atoms with van der Waals surface area (Å²) in [5.74, 6) is 2.04. The van der Waals surface area contributed by atoms with Gasteiger partial charge >= 0.3 is 0 Å². The second kappa shape index (κ2) is 9.75. The molecule has 2 aromatic heterocycles. The van der Waals surface area contributed by atoms with Gasteiger partial charge in [-0.05, 0) is 45.9 Å². The van der Waals surface area contributed by atoms with Gasteiger partial charge in [0.15, 0.2) is 11.5 Å². The highest BCUT2D eigenvalue weighted by atomic mass is 35.5. The fourth-order valence-electron chi connectivity index (χ4n) is 3.57. The van der Waals surface area contributed by atoms with Crippen molar-refractivity contribution < 1.29 is 14.2 Å². The van der Waals surface area contributed by atoms with Crippen LogP contribution < -0.4 is 19.5 Å². The maximum atomic E-state index is 5.91. The number of rotatable bonds is 8. The molecule has 164 valence electrons. The largest absolute Gasteiger partial charge is 0.492 e. The zero-order valence-corrected chi connectivity index (χ0v) is 18.9. The van der Waals surface area contributed by atoms with Crippen LogP contribution in [0.2, 0.25) is 0 Å². The lowest BCUT2D eigenvalue weighted by Gasteiger charge is -2.19. The molecule has 0 unspecified atom stereocenters. The minimum Gasteiger partial charge on any atom is -0.492 e. The molecule has 2 aromatic carbocycles. The number of aromatic nitrogens is 3. The number of hydrogen-bond acceptors (Lipinski definition) is 6. The lowest BCUT2D eigenvalue weighted by Crippen LogP contribution is -2.04. The van der Waals surface area contributed by atoms with Gasteiger partial charge < -0.3 is 24.5 Å². The van der Waals surface area contributed by atoms with Crippen LogP contribution in [0.5, 0.6) is 17.2 Å². The quantitative estimate of drug-likeness (QED) is 0.360. The Kier molecular flexibility index (Phi) is 7.07. The molecule has 0 aliphatic heterocycles. The number of halogens is 1. The summed E-state index contributed by atoms with van der Waals surface area (Å²) in [4.78, 5) is 12.2. The number of hydrogen-bond donors (Lipinski definition) is 2. The summed E-state index contributed by atoms with van der Waals surface area (Å²) in [5.41, 5.74) is 5.43. The van der Waals surface area contributed by atoms with Gasteiger partial charge in [-0.25, -0.2) is 9.97 Å². The molecule has 0 fully saturated rings. The number of imidazole rings is 1. The predicted octanol–water partition coefficient (Wildman–Crippen LogP) is 5.78. The van der Waals surface area contributed by atoms with E-state index in [1.54, 1.807) is 6.33 Å². The maximum Gasteiger partial charge on any atom is 0.164 e. The molecule has 0 atom stereocenters. The molecule has 0 aliphatic carbocycles. The van der Waals surface area contributed by atoms with Gasteiger partial charge in [0.25, 0.3) is 0 Å². The molecule has 0 saturated heterocycles. The normalized spacial score (nSPS) is 10.7. The highest BCUT2D eigenvalue weighted by Crippen LogP contribution is 2.41. The summed E-state index contributed by atoms with van der Waals surface area (Å²) in [6, 6.07) is 9.86. The number of aryl methyl sites for hydroxylation is 1. The van der Waals surface area contributed by atoms with Gasteiger partial charge in [0.05, 0.1) is 36.7 Å². The van der Waals surface area contributed by atoms with E-state index in [4.69, 9.17) is 14.2 Å². The van der Waals surface area contributed by atoms with E-state index in [-0.39, 0.29) is 12.4 Å². The molecule has 4 aromatic rings. The predicted molar refractivity (Wildman–Crippen MR) is 127 cm³/mol. The lowest BCUT2D eigenvalue weighted by atomic mass is 10.1. The molecule has 7 nitrogen and oxygen atoms in total. The van der Waals surface area contributed by atoms with Crippen molar-refractivity contribution in [1.29, 1.82) is 0 Å². The molecule has 31 heavy (non-hydrogen) atoms. The van der Waals surface area contributed by atoms with Crippen LogP contribution in [0.3, 0.4) is 0 Å². The number of nitrogens with one attached hydrogen (secondary N) is 2. The first kappa shape index (κ1) is 22.5. The van der Waals surface area contributed by atoms with Gasteiger partial charge in [-0.3, -0.25) is 0 Å². The van der Waals surface area contributed by atoms with Crippen molar-refractivity contribution in [3.05, 3.63) is 42.4 Å². The summed E-state index contributed by atoms with van der Waals surface area (Å²) < 4.78 is 17.5. The Balaban J connectivity index is 0.00000272. The Bertz CT molecular complexity index is 1190. The van der Waals surface area contributed by atoms with Crippen molar-refractivity contribution in [3.63, 3.8) is 0 Å². The zero-order valence-electron chi connectivity index (χ0n) is 18.1. The molecule has 0 spiro atoms. The van der Waals surface area contributed by atoms with Crippen molar-refractivity contribution >= 4 is 45.7 Å². The van der Waals surface area contributed by atoms with Crippen molar-refractivity contribution in [3.8, 4) is 17.2 Å². The Morgan fingerprint density at radius 1 is 0.839 bits per heavy atom. The molecular formula is C23H27ClN4O3.